The zero-order chi connectivity index (χ0) is 23.5. The molecule has 1 aliphatic carbocycles. The number of aliphatic hydroxyl groups is 1. The molecule has 32 heavy (non-hydrogen) atoms. The van der Waals surface area contributed by atoms with E-state index >= 15 is 0 Å². The van der Waals surface area contributed by atoms with Crippen LogP contribution in [-0.4, -0.2) is 53.5 Å². The largest absolute Gasteiger partial charge is 0.479 e. The first-order valence-corrected chi connectivity index (χ1v) is 10.4. The predicted octanol–water partition coefficient (Wildman–Crippen LogP) is 2.50. The van der Waals surface area contributed by atoms with Gasteiger partial charge in [0.25, 0.3) is 0 Å². The van der Waals surface area contributed by atoms with Crippen molar-refractivity contribution in [3.05, 3.63) is 59.7 Å². The third kappa shape index (κ3) is 5.08. The van der Waals surface area contributed by atoms with Crippen LogP contribution in [0.4, 0.5) is 4.79 Å². The maximum Gasteiger partial charge on any atom is 0.407 e. The zero-order valence-electron chi connectivity index (χ0n) is 18.3. The second-order valence-corrected chi connectivity index (χ2v) is 8.87. The normalized spacial score (nSPS) is 14.6. The minimum atomic E-state index is -1.73. The lowest BCUT2D eigenvalue weighted by atomic mass is 9.86. The molecule has 0 bridgehead atoms. The van der Waals surface area contributed by atoms with E-state index in [1.54, 1.807) is 20.8 Å². The maximum absolute atomic E-state index is 12.6. The number of rotatable bonds is 7. The number of alkyl carbamates (subject to hydrolysis) is 1. The van der Waals surface area contributed by atoms with Crippen LogP contribution in [0.15, 0.2) is 48.5 Å². The van der Waals surface area contributed by atoms with Gasteiger partial charge in [-0.2, -0.15) is 0 Å². The van der Waals surface area contributed by atoms with Crippen molar-refractivity contribution >= 4 is 18.0 Å². The summed E-state index contributed by atoms with van der Waals surface area (Å²) in [7, 11) is 0. The summed E-state index contributed by atoms with van der Waals surface area (Å²) in [5, 5.41) is 23.1. The molecule has 2 aromatic rings. The van der Waals surface area contributed by atoms with Gasteiger partial charge in [-0.1, -0.05) is 69.3 Å². The Morgan fingerprint density at radius 2 is 1.53 bits per heavy atom. The van der Waals surface area contributed by atoms with Crippen LogP contribution in [0.3, 0.4) is 0 Å². The Kier molecular flexibility index (Phi) is 6.84. The molecule has 2 amide bonds. The van der Waals surface area contributed by atoms with Gasteiger partial charge in [0.1, 0.15) is 12.6 Å². The van der Waals surface area contributed by atoms with E-state index in [4.69, 9.17) is 9.84 Å². The standard InChI is InChI=1S/C24H28N2O6/c1-24(2,3)20(21(28)25-12-19(27)22(29)30)26-23(31)32-13-18-16-10-6-4-8-14(16)15-9-5-7-11-17(15)18/h4-11,18-20,27H,12-13H2,1-3H3,(H,25,28)(H,26,31)(H,29,30)/t19-,20?/m0/s1. The maximum atomic E-state index is 12.6. The van der Waals surface area contributed by atoms with E-state index in [0.29, 0.717) is 0 Å². The lowest BCUT2D eigenvalue weighted by molar-refractivity contribution is -0.146. The van der Waals surface area contributed by atoms with Gasteiger partial charge < -0.3 is 25.6 Å². The third-order valence-electron chi connectivity index (χ3n) is 5.49. The Labute approximate surface area is 186 Å². The molecule has 8 nitrogen and oxygen atoms in total. The van der Waals surface area contributed by atoms with Crippen molar-refractivity contribution in [2.75, 3.05) is 13.2 Å². The number of aliphatic hydroxyl groups excluding tert-OH is 1. The van der Waals surface area contributed by atoms with Crippen LogP contribution in [0.2, 0.25) is 0 Å². The van der Waals surface area contributed by atoms with Crippen LogP contribution in [0, 0.1) is 5.41 Å². The fraction of sp³-hybridized carbons (Fsp3) is 0.375. The number of amides is 2. The van der Waals surface area contributed by atoms with Gasteiger partial charge in [-0.15, -0.1) is 0 Å². The van der Waals surface area contributed by atoms with Gasteiger partial charge in [-0.05, 0) is 27.7 Å². The second-order valence-electron chi connectivity index (χ2n) is 8.87. The van der Waals surface area contributed by atoms with Crippen LogP contribution in [0.5, 0.6) is 0 Å². The van der Waals surface area contributed by atoms with Crippen molar-refractivity contribution in [1.29, 1.82) is 0 Å². The minimum absolute atomic E-state index is 0.107. The number of hydrogen-bond acceptors (Lipinski definition) is 5. The molecule has 0 spiro atoms. The van der Waals surface area contributed by atoms with E-state index < -0.39 is 42.1 Å². The highest BCUT2D eigenvalue weighted by Gasteiger charge is 2.35. The van der Waals surface area contributed by atoms with E-state index in [0.717, 1.165) is 22.3 Å². The molecular weight excluding hydrogens is 412 g/mol. The van der Waals surface area contributed by atoms with Crippen LogP contribution < -0.4 is 10.6 Å². The van der Waals surface area contributed by atoms with Crippen LogP contribution in [0.25, 0.3) is 11.1 Å². The Bertz CT molecular complexity index is 968. The van der Waals surface area contributed by atoms with Crippen LogP contribution in [0.1, 0.15) is 37.8 Å². The number of carboxylic acids is 1. The van der Waals surface area contributed by atoms with E-state index in [-0.39, 0.29) is 12.5 Å². The van der Waals surface area contributed by atoms with Crippen molar-refractivity contribution in [2.24, 2.45) is 5.41 Å². The molecule has 0 aromatic heterocycles. The lowest BCUT2D eigenvalue weighted by Crippen LogP contribution is -2.55. The summed E-state index contributed by atoms with van der Waals surface area (Å²) in [5.41, 5.74) is 3.70. The molecule has 0 saturated carbocycles. The molecule has 0 heterocycles. The number of aliphatic carboxylic acids is 1. The number of nitrogens with one attached hydrogen (secondary N) is 2. The first-order valence-electron chi connectivity index (χ1n) is 10.4. The third-order valence-corrected chi connectivity index (χ3v) is 5.49. The first-order chi connectivity index (χ1) is 15.1. The molecule has 1 unspecified atom stereocenters. The lowest BCUT2D eigenvalue weighted by Gasteiger charge is -2.30. The number of ether oxygens (including phenoxy) is 1. The SMILES string of the molecule is CC(C)(C)C(NC(=O)OCC1c2ccccc2-c2ccccc21)C(=O)NC[C@H](O)C(=O)O. The van der Waals surface area contributed by atoms with Crippen LogP contribution >= 0.6 is 0 Å². The molecule has 1 aliphatic rings. The molecule has 2 aromatic carbocycles. The monoisotopic (exact) mass is 440 g/mol. The fourth-order valence-corrected chi connectivity index (χ4v) is 3.82. The Hall–Kier alpha value is -3.39. The highest BCUT2D eigenvalue weighted by molar-refractivity contribution is 5.87. The Balaban J connectivity index is 1.66. The fourth-order valence-electron chi connectivity index (χ4n) is 3.82. The molecule has 2 atom stereocenters. The molecule has 170 valence electrons. The number of hydrogen-bond donors (Lipinski definition) is 4. The van der Waals surface area contributed by atoms with Crippen molar-refractivity contribution in [3.8, 4) is 11.1 Å². The van der Waals surface area contributed by atoms with E-state index in [1.807, 2.05) is 48.5 Å². The molecule has 0 fully saturated rings. The summed E-state index contributed by atoms with van der Waals surface area (Å²) in [6.07, 6.45) is -2.48. The van der Waals surface area contributed by atoms with Gasteiger partial charge in [0.05, 0.1) is 6.54 Å². The minimum Gasteiger partial charge on any atom is -0.479 e. The number of fused-ring (bicyclic) bond motifs is 3. The molecule has 4 N–H and O–H groups in total. The second kappa shape index (κ2) is 9.40. The van der Waals surface area contributed by atoms with Crippen molar-refractivity contribution in [1.82, 2.24) is 10.6 Å². The number of carbonyl (C=O) groups is 3. The molecule has 0 saturated heterocycles. The summed E-state index contributed by atoms with van der Waals surface area (Å²) in [6.45, 7) is 4.92. The van der Waals surface area contributed by atoms with Crippen LogP contribution in [-0.2, 0) is 14.3 Å². The van der Waals surface area contributed by atoms with E-state index in [2.05, 4.69) is 10.6 Å². The van der Waals surface area contributed by atoms with Gasteiger partial charge in [0.15, 0.2) is 6.10 Å². The quantitative estimate of drug-likeness (QED) is 0.524. The van der Waals surface area contributed by atoms with Gasteiger partial charge in [-0.3, -0.25) is 4.79 Å². The van der Waals surface area contributed by atoms with Gasteiger partial charge >= 0.3 is 12.1 Å². The average molecular weight is 440 g/mol. The first kappa shape index (κ1) is 23.3. The molecule has 0 radical (unpaired) electrons. The number of benzene rings is 2. The van der Waals surface area contributed by atoms with Gasteiger partial charge in [0.2, 0.25) is 5.91 Å². The zero-order valence-corrected chi connectivity index (χ0v) is 18.3. The highest BCUT2D eigenvalue weighted by atomic mass is 16.5. The van der Waals surface area contributed by atoms with E-state index in [9.17, 15) is 19.5 Å². The smallest absolute Gasteiger partial charge is 0.407 e. The average Bonchev–Trinajstić information content (AvgIpc) is 3.07. The summed E-state index contributed by atoms with van der Waals surface area (Å²) in [6, 6.07) is 15.0. The van der Waals surface area contributed by atoms with Gasteiger partial charge in [-0.25, -0.2) is 9.59 Å². The van der Waals surface area contributed by atoms with E-state index in [1.165, 1.54) is 0 Å². The summed E-state index contributed by atoms with van der Waals surface area (Å²) < 4.78 is 5.51. The van der Waals surface area contributed by atoms with Gasteiger partial charge in [0, 0.05) is 5.92 Å². The predicted molar refractivity (Wildman–Crippen MR) is 118 cm³/mol. The Morgan fingerprint density at radius 1 is 1.00 bits per heavy atom. The topological polar surface area (TPSA) is 125 Å². The Morgan fingerprint density at radius 3 is 2.03 bits per heavy atom. The molecule has 0 aliphatic heterocycles. The van der Waals surface area contributed by atoms with Crippen molar-refractivity contribution in [3.63, 3.8) is 0 Å². The summed E-state index contributed by atoms with van der Waals surface area (Å²) >= 11 is 0. The molecular formula is C24H28N2O6. The molecule has 3 rings (SSSR count). The number of carboxylic acid groups (broad SMARTS) is 1. The summed E-state index contributed by atoms with van der Waals surface area (Å²) in [5.74, 6) is -2.16. The van der Waals surface area contributed by atoms with Crippen molar-refractivity contribution in [2.45, 2.75) is 38.8 Å². The van der Waals surface area contributed by atoms with Crippen molar-refractivity contribution < 1.29 is 29.3 Å². The highest BCUT2D eigenvalue weighted by Crippen LogP contribution is 2.44. The summed E-state index contributed by atoms with van der Waals surface area (Å²) in [4.78, 5) is 35.9. The number of carbonyl (C=O) groups excluding carboxylic acids is 2. The molecule has 8 heteroatoms.